The Morgan fingerprint density at radius 3 is 2.04 bits per heavy atom. The largest absolute Gasteiger partial charge is 0.458 e. The SMILES string of the molecule is Cc1cccc(C(C(=O)NC(Cc2ccccc2)C(=O)OC(C)(C)C)N(C(=O)C(CCC(N)=O)NC(=O)OC(C)(C)C)C2CCC2)c1. The molecule has 1 fully saturated rings. The Bertz CT molecular complexity index is 1410. The van der Waals surface area contributed by atoms with Crippen molar-refractivity contribution in [2.24, 2.45) is 5.73 Å². The van der Waals surface area contributed by atoms with Crippen molar-refractivity contribution >= 4 is 29.8 Å². The number of nitrogens with zero attached hydrogens (tertiary/aromatic N) is 1. The van der Waals surface area contributed by atoms with E-state index in [0.29, 0.717) is 18.4 Å². The molecular weight excluding hydrogens is 600 g/mol. The molecule has 0 heterocycles. The minimum Gasteiger partial charge on any atom is -0.458 e. The molecule has 0 aromatic heterocycles. The molecule has 1 saturated carbocycles. The molecular formula is C36H50N4O7. The molecule has 0 saturated heterocycles. The topological polar surface area (TPSA) is 157 Å². The zero-order valence-corrected chi connectivity index (χ0v) is 28.6. The number of hydrogen-bond donors (Lipinski definition) is 3. The maximum Gasteiger partial charge on any atom is 0.408 e. The first-order valence-electron chi connectivity index (χ1n) is 16.2. The van der Waals surface area contributed by atoms with Crippen molar-refractivity contribution in [1.82, 2.24) is 15.5 Å². The van der Waals surface area contributed by atoms with Gasteiger partial charge in [-0.2, -0.15) is 0 Å². The van der Waals surface area contributed by atoms with Crippen LogP contribution in [0, 0.1) is 6.92 Å². The average molecular weight is 651 g/mol. The van der Waals surface area contributed by atoms with E-state index >= 15 is 0 Å². The molecule has 4 amide bonds. The molecule has 0 radical (unpaired) electrons. The number of ether oxygens (including phenoxy) is 2. The number of carbonyl (C=O) groups excluding carboxylic acids is 5. The second-order valence-electron chi connectivity index (χ2n) is 14.1. The van der Waals surface area contributed by atoms with Crippen LogP contribution in [0.2, 0.25) is 0 Å². The number of aryl methyl sites for hydroxylation is 1. The van der Waals surface area contributed by atoms with Crippen molar-refractivity contribution in [3.05, 3.63) is 71.3 Å². The second-order valence-corrected chi connectivity index (χ2v) is 14.1. The van der Waals surface area contributed by atoms with Gasteiger partial charge in [0, 0.05) is 18.9 Å². The molecule has 2 aromatic rings. The predicted molar refractivity (Wildman–Crippen MR) is 178 cm³/mol. The summed E-state index contributed by atoms with van der Waals surface area (Å²) in [5.74, 6) is -2.38. The summed E-state index contributed by atoms with van der Waals surface area (Å²) in [5, 5.41) is 5.53. The molecule has 3 rings (SSSR count). The lowest BCUT2D eigenvalue weighted by Crippen LogP contribution is -2.58. The smallest absolute Gasteiger partial charge is 0.408 e. The van der Waals surface area contributed by atoms with E-state index in [0.717, 1.165) is 17.5 Å². The van der Waals surface area contributed by atoms with Crippen LogP contribution in [0.15, 0.2) is 54.6 Å². The third kappa shape index (κ3) is 11.7. The molecule has 1 aliphatic rings. The number of amides is 4. The quantitative estimate of drug-likeness (QED) is 0.267. The van der Waals surface area contributed by atoms with Gasteiger partial charge in [-0.25, -0.2) is 9.59 Å². The Labute approximate surface area is 277 Å². The number of nitrogens with two attached hydrogens (primary N) is 1. The highest BCUT2D eigenvalue weighted by Crippen LogP contribution is 2.34. The van der Waals surface area contributed by atoms with E-state index in [-0.39, 0.29) is 25.3 Å². The lowest BCUT2D eigenvalue weighted by molar-refractivity contribution is -0.159. The van der Waals surface area contributed by atoms with Gasteiger partial charge in [0.15, 0.2) is 0 Å². The summed E-state index contributed by atoms with van der Waals surface area (Å²) in [7, 11) is 0. The first-order chi connectivity index (χ1) is 21.9. The van der Waals surface area contributed by atoms with Crippen LogP contribution in [-0.2, 0) is 35.1 Å². The van der Waals surface area contributed by atoms with Gasteiger partial charge in [-0.15, -0.1) is 0 Å². The minimum atomic E-state index is -1.20. The summed E-state index contributed by atoms with van der Waals surface area (Å²) < 4.78 is 11.1. The van der Waals surface area contributed by atoms with Crippen molar-refractivity contribution in [1.29, 1.82) is 0 Å². The van der Waals surface area contributed by atoms with Crippen molar-refractivity contribution in [2.45, 2.75) is 122 Å². The third-order valence-electron chi connectivity index (χ3n) is 7.57. The molecule has 4 N–H and O–H groups in total. The first-order valence-corrected chi connectivity index (χ1v) is 16.2. The Balaban J connectivity index is 2.07. The van der Waals surface area contributed by atoms with Gasteiger partial charge in [0.05, 0.1) is 0 Å². The third-order valence-corrected chi connectivity index (χ3v) is 7.57. The van der Waals surface area contributed by atoms with Crippen LogP contribution >= 0.6 is 0 Å². The fraction of sp³-hybridized carbons (Fsp3) is 0.528. The molecule has 11 nitrogen and oxygen atoms in total. The Hall–Kier alpha value is -4.41. The van der Waals surface area contributed by atoms with E-state index in [4.69, 9.17) is 15.2 Å². The number of carbonyl (C=O) groups is 5. The van der Waals surface area contributed by atoms with Crippen LogP contribution in [0.4, 0.5) is 4.79 Å². The van der Waals surface area contributed by atoms with Crippen LogP contribution in [0.25, 0.3) is 0 Å². The number of esters is 1. The fourth-order valence-electron chi connectivity index (χ4n) is 5.30. The van der Waals surface area contributed by atoms with Gasteiger partial charge < -0.3 is 30.7 Å². The summed E-state index contributed by atoms with van der Waals surface area (Å²) in [6.07, 6.45) is 1.18. The Morgan fingerprint density at radius 2 is 1.51 bits per heavy atom. The number of benzene rings is 2. The molecule has 3 atom stereocenters. The first kappa shape index (κ1) is 37.1. The molecule has 0 aliphatic heterocycles. The normalized spacial score (nSPS) is 15.3. The van der Waals surface area contributed by atoms with Crippen molar-refractivity contribution in [2.75, 3.05) is 0 Å². The van der Waals surface area contributed by atoms with E-state index < -0.39 is 59.1 Å². The van der Waals surface area contributed by atoms with Crippen molar-refractivity contribution in [3.8, 4) is 0 Å². The zero-order valence-electron chi connectivity index (χ0n) is 28.6. The highest BCUT2D eigenvalue weighted by molar-refractivity contribution is 5.94. The van der Waals surface area contributed by atoms with Gasteiger partial charge in [-0.1, -0.05) is 60.2 Å². The molecule has 0 bridgehead atoms. The van der Waals surface area contributed by atoms with E-state index in [1.807, 2.05) is 49.4 Å². The van der Waals surface area contributed by atoms with Crippen LogP contribution in [0.1, 0.15) is 96.4 Å². The zero-order chi connectivity index (χ0) is 34.9. The number of rotatable bonds is 13. The fourth-order valence-corrected chi connectivity index (χ4v) is 5.30. The molecule has 11 heteroatoms. The van der Waals surface area contributed by atoms with Gasteiger partial charge in [0.25, 0.3) is 0 Å². The Morgan fingerprint density at radius 1 is 0.872 bits per heavy atom. The van der Waals surface area contributed by atoms with Crippen molar-refractivity contribution < 1.29 is 33.4 Å². The summed E-state index contributed by atoms with van der Waals surface area (Å²) >= 11 is 0. The van der Waals surface area contributed by atoms with Crippen LogP contribution < -0.4 is 16.4 Å². The summed E-state index contributed by atoms with van der Waals surface area (Å²) in [4.78, 5) is 68.7. The standard InChI is InChI=1S/C36H50N4O7/c1-23-13-11-16-25(21-23)30(31(42)38-28(33(44)46-35(2,3)4)22-24-14-9-8-10-15-24)40(26-17-12-18-26)32(43)27(19-20-29(37)41)39-34(45)47-36(5,6)7/h8-11,13-16,21,26-28,30H,12,17-20,22H2,1-7H3,(H2,37,41)(H,38,42)(H,39,45). The molecule has 0 spiro atoms. The van der Waals surface area contributed by atoms with Gasteiger partial charge >= 0.3 is 12.1 Å². The van der Waals surface area contributed by atoms with Gasteiger partial charge in [0.1, 0.15) is 29.3 Å². The molecule has 3 unspecified atom stereocenters. The van der Waals surface area contributed by atoms with Gasteiger partial charge in [0.2, 0.25) is 17.7 Å². The second kappa shape index (κ2) is 15.9. The lowest BCUT2D eigenvalue weighted by atomic mass is 9.87. The maximum atomic E-state index is 14.5. The van der Waals surface area contributed by atoms with Crippen LogP contribution in [-0.4, -0.2) is 64.0 Å². The number of hydrogen-bond acceptors (Lipinski definition) is 7. The maximum absolute atomic E-state index is 14.5. The lowest BCUT2D eigenvalue weighted by Gasteiger charge is -2.44. The minimum absolute atomic E-state index is 0.0900. The summed E-state index contributed by atoms with van der Waals surface area (Å²) in [5.41, 5.74) is 6.01. The molecule has 1 aliphatic carbocycles. The highest BCUT2D eigenvalue weighted by atomic mass is 16.6. The van der Waals surface area contributed by atoms with Gasteiger partial charge in [-0.3, -0.25) is 14.4 Å². The van der Waals surface area contributed by atoms with Crippen molar-refractivity contribution in [3.63, 3.8) is 0 Å². The van der Waals surface area contributed by atoms with E-state index in [2.05, 4.69) is 10.6 Å². The van der Waals surface area contributed by atoms with Gasteiger partial charge in [-0.05, 0) is 85.3 Å². The van der Waals surface area contributed by atoms with E-state index in [9.17, 15) is 24.0 Å². The number of primary amides is 1. The summed E-state index contributed by atoms with van der Waals surface area (Å²) in [6, 6.07) is 12.8. The molecule has 47 heavy (non-hydrogen) atoms. The van der Waals surface area contributed by atoms with E-state index in [1.54, 1.807) is 53.7 Å². The van der Waals surface area contributed by atoms with Crippen LogP contribution in [0.3, 0.4) is 0 Å². The Kier molecular flexibility index (Phi) is 12.6. The van der Waals surface area contributed by atoms with E-state index in [1.165, 1.54) is 4.90 Å². The molecule has 256 valence electrons. The monoisotopic (exact) mass is 650 g/mol. The predicted octanol–water partition coefficient (Wildman–Crippen LogP) is 4.65. The number of alkyl carbamates (subject to hydrolysis) is 1. The number of nitrogens with one attached hydrogen (secondary N) is 2. The van der Waals surface area contributed by atoms with Crippen LogP contribution in [0.5, 0.6) is 0 Å². The average Bonchev–Trinajstić information content (AvgIpc) is 2.92. The summed E-state index contributed by atoms with van der Waals surface area (Å²) in [6.45, 7) is 12.2. The molecule has 2 aromatic carbocycles. The highest BCUT2D eigenvalue weighted by Gasteiger charge is 2.43.